The van der Waals surface area contributed by atoms with Crippen LogP contribution in [0.4, 0.5) is 0 Å². The molecule has 1 rings (SSSR count). The number of halogens is 1. The van der Waals surface area contributed by atoms with Crippen molar-refractivity contribution in [2.75, 3.05) is 35.2 Å². The van der Waals surface area contributed by atoms with Crippen LogP contribution in [0.1, 0.15) is 0 Å². The van der Waals surface area contributed by atoms with Crippen molar-refractivity contribution in [2.45, 2.75) is 0 Å². The molecule has 0 aromatic heterocycles. The van der Waals surface area contributed by atoms with E-state index in [0.717, 1.165) is 0 Å². The highest BCUT2D eigenvalue weighted by atomic mass is 79.9. The minimum absolute atomic E-state index is 0.116. The second kappa shape index (κ2) is 6.56. The van der Waals surface area contributed by atoms with E-state index in [-0.39, 0.29) is 6.79 Å². The Morgan fingerprint density at radius 2 is 1.59 bits per heavy atom. The van der Waals surface area contributed by atoms with Crippen molar-refractivity contribution in [3.8, 4) is 23.0 Å². The predicted octanol–water partition coefficient (Wildman–Crippen LogP) is 2.46. The molecule has 0 heterocycles. The summed E-state index contributed by atoms with van der Waals surface area (Å²) in [6.07, 6.45) is 0. The molecule has 0 amide bonds. The highest BCUT2D eigenvalue weighted by Gasteiger charge is 2.20. The van der Waals surface area contributed by atoms with Gasteiger partial charge in [-0.1, -0.05) is 0 Å². The highest BCUT2D eigenvalue weighted by Crippen LogP contribution is 2.48. The molecule has 0 fully saturated rings. The van der Waals surface area contributed by atoms with E-state index in [2.05, 4.69) is 15.9 Å². The first-order valence-corrected chi connectivity index (χ1v) is 5.59. The summed E-state index contributed by atoms with van der Waals surface area (Å²) in [5.41, 5.74) is 0. The number of rotatable bonds is 6. The average Bonchev–Trinajstić information content (AvgIpc) is 2.35. The number of methoxy groups -OCH3 is 4. The Labute approximate surface area is 109 Å². The van der Waals surface area contributed by atoms with Crippen LogP contribution >= 0.6 is 15.9 Å². The van der Waals surface area contributed by atoms with Gasteiger partial charge in [0.15, 0.2) is 18.3 Å². The molecule has 0 atom stereocenters. The van der Waals surface area contributed by atoms with Gasteiger partial charge in [-0.05, 0) is 15.9 Å². The van der Waals surface area contributed by atoms with E-state index in [9.17, 15) is 0 Å². The molecular formula is C11H15BrO5. The quantitative estimate of drug-likeness (QED) is 0.756. The molecule has 6 heteroatoms. The zero-order valence-corrected chi connectivity index (χ0v) is 11.8. The molecule has 0 radical (unpaired) electrons. The van der Waals surface area contributed by atoms with Crippen LogP contribution in [0.3, 0.4) is 0 Å². The minimum Gasteiger partial charge on any atom is -0.493 e. The topological polar surface area (TPSA) is 46.2 Å². The van der Waals surface area contributed by atoms with Gasteiger partial charge in [0.2, 0.25) is 11.5 Å². The third-order valence-corrected chi connectivity index (χ3v) is 2.65. The SMILES string of the molecule is COCOc1c(Br)cc(OC)c(OC)c1OC. The van der Waals surface area contributed by atoms with Gasteiger partial charge in [-0.3, -0.25) is 0 Å². The van der Waals surface area contributed by atoms with E-state index in [1.54, 1.807) is 20.3 Å². The largest absolute Gasteiger partial charge is 0.493 e. The lowest BCUT2D eigenvalue weighted by molar-refractivity contribution is 0.0482. The monoisotopic (exact) mass is 306 g/mol. The van der Waals surface area contributed by atoms with Crippen molar-refractivity contribution in [2.24, 2.45) is 0 Å². The highest BCUT2D eigenvalue weighted by molar-refractivity contribution is 9.10. The number of hydrogen-bond acceptors (Lipinski definition) is 5. The fraction of sp³-hybridized carbons (Fsp3) is 0.455. The van der Waals surface area contributed by atoms with Crippen LogP contribution < -0.4 is 18.9 Å². The van der Waals surface area contributed by atoms with Gasteiger partial charge in [0.05, 0.1) is 25.8 Å². The van der Waals surface area contributed by atoms with Crippen molar-refractivity contribution in [1.82, 2.24) is 0 Å². The van der Waals surface area contributed by atoms with Gasteiger partial charge in [0.1, 0.15) is 0 Å². The summed E-state index contributed by atoms with van der Waals surface area (Å²) < 4.78 is 26.7. The van der Waals surface area contributed by atoms with Gasteiger partial charge in [-0.15, -0.1) is 0 Å². The Morgan fingerprint density at radius 3 is 2.06 bits per heavy atom. The molecule has 96 valence electrons. The van der Waals surface area contributed by atoms with Crippen molar-refractivity contribution < 1.29 is 23.7 Å². The lowest BCUT2D eigenvalue weighted by atomic mass is 10.2. The third kappa shape index (κ3) is 2.95. The molecule has 0 saturated carbocycles. The van der Waals surface area contributed by atoms with E-state index in [0.29, 0.717) is 27.5 Å². The van der Waals surface area contributed by atoms with E-state index in [1.165, 1.54) is 14.2 Å². The van der Waals surface area contributed by atoms with Gasteiger partial charge in [-0.25, -0.2) is 0 Å². The molecule has 1 aromatic carbocycles. The summed E-state index contributed by atoms with van der Waals surface area (Å²) in [5, 5.41) is 0. The van der Waals surface area contributed by atoms with Gasteiger partial charge in [0.25, 0.3) is 0 Å². The third-order valence-electron chi connectivity index (χ3n) is 2.06. The van der Waals surface area contributed by atoms with Crippen molar-refractivity contribution >= 4 is 15.9 Å². The maximum atomic E-state index is 5.42. The molecule has 17 heavy (non-hydrogen) atoms. The zero-order valence-electron chi connectivity index (χ0n) is 10.2. The van der Waals surface area contributed by atoms with Crippen LogP contribution in [0.5, 0.6) is 23.0 Å². The summed E-state index contributed by atoms with van der Waals surface area (Å²) in [7, 11) is 6.17. The second-order valence-corrected chi connectivity index (χ2v) is 3.86. The first kappa shape index (κ1) is 13.9. The molecule has 0 saturated heterocycles. The summed E-state index contributed by atoms with van der Waals surface area (Å²) >= 11 is 3.38. The summed E-state index contributed by atoms with van der Waals surface area (Å²) in [4.78, 5) is 0. The molecule has 0 unspecified atom stereocenters. The molecule has 5 nitrogen and oxygen atoms in total. The second-order valence-electron chi connectivity index (χ2n) is 3.01. The van der Waals surface area contributed by atoms with Gasteiger partial charge in [0, 0.05) is 13.2 Å². The Balaban J connectivity index is 3.27. The number of hydrogen-bond donors (Lipinski definition) is 0. The molecule has 1 aromatic rings. The lowest BCUT2D eigenvalue weighted by Gasteiger charge is -2.17. The maximum absolute atomic E-state index is 5.42. The Hall–Kier alpha value is -1.14. The molecule has 0 spiro atoms. The first-order valence-electron chi connectivity index (χ1n) is 4.79. The van der Waals surface area contributed by atoms with Crippen LogP contribution in [0.15, 0.2) is 10.5 Å². The summed E-state index contributed by atoms with van der Waals surface area (Å²) in [5.74, 6) is 1.99. The van der Waals surface area contributed by atoms with Gasteiger partial charge < -0.3 is 23.7 Å². The van der Waals surface area contributed by atoms with Crippen molar-refractivity contribution in [3.63, 3.8) is 0 Å². The van der Waals surface area contributed by atoms with Crippen molar-refractivity contribution in [3.05, 3.63) is 10.5 Å². The molecule has 0 N–H and O–H groups in total. The molecule has 0 aliphatic rings. The smallest absolute Gasteiger partial charge is 0.208 e. The zero-order chi connectivity index (χ0) is 12.8. The van der Waals surface area contributed by atoms with E-state index in [4.69, 9.17) is 23.7 Å². The number of benzene rings is 1. The van der Waals surface area contributed by atoms with Crippen LogP contribution in [0.25, 0.3) is 0 Å². The lowest BCUT2D eigenvalue weighted by Crippen LogP contribution is -2.03. The predicted molar refractivity (Wildman–Crippen MR) is 66.3 cm³/mol. The van der Waals surface area contributed by atoms with Crippen molar-refractivity contribution in [1.29, 1.82) is 0 Å². The molecule has 0 aliphatic carbocycles. The summed E-state index contributed by atoms with van der Waals surface area (Å²) in [6.45, 7) is 0.116. The van der Waals surface area contributed by atoms with Crippen LogP contribution in [-0.4, -0.2) is 35.2 Å². The van der Waals surface area contributed by atoms with Crippen LogP contribution in [0.2, 0.25) is 0 Å². The number of ether oxygens (including phenoxy) is 5. The summed E-state index contributed by atoms with van der Waals surface area (Å²) in [6, 6.07) is 1.74. The normalized spacial score (nSPS) is 9.94. The molecule has 0 bridgehead atoms. The van der Waals surface area contributed by atoms with Gasteiger partial charge >= 0.3 is 0 Å². The first-order chi connectivity index (χ1) is 8.19. The fourth-order valence-corrected chi connectivity index (χ4v) is 1.85. The fourth-order valence-electron chi connectivity index (χ4n) is 1.35. The minimum atomic E-state index is 0.116. The maximum Gasteiger partial charge on any atom is 0.208 e. The van der Waals surface area contributed by atoms with Crippen LogP contribution in [0, 0.1) is 0 Å². The molecule has 0 aliphatic heterocycles. The standard InChI is InChI=1S/C11H15BrO5/c1-13-6-17-9-7(12)5-8(14-2)10(15-3)11(9)16-4/h5H,6H2,1-4H3. The van der Waals surface area contributed by atoms with E-state index < -0.39 is 0 Å². The Morgan fingerprint density at radius 1 is 0.941 bits per heavy atom. The van der Waals surface area contributed by atoms with Crippen LogP contribution in [-0.2, 0) is 4.74 Å². The Kier molecular flexibility index (Phi) is 5.37. The molecular weight excluding hydrogens is 292 g/mol. The van der Waals surface area contributed by atoms with Gasteiger partial charge in [-0.2, -0.15) is 0 Å². The van der Waals surface area contributed by atoms with E-state index >= 15 is 0 Å². The Bertz CT molecular complexity index is 381. The van der Waals surface area contributed by atoms with E-state index in [1.807, 2.05) is 0 Å². The average molecular weight is 307 g/mol.